The lowest BCUT2D eigenvalue weighted by Gasteiger charge is -2.25. The van der Waals surface area contributed by atoms with Crippen molar-refractivity contribution in [3.8, 4) is 6.07 Å². The highest BCUT2D eigenvalue weighted by molar-refractivity contribution is 7.10. The second-order valence-corrected chi connectivity index (χ2v) is 4.57. The van der Waals surface area contributed by atoms with Gasteiger partial charge >= 0.3 is 6.09 Å². The summed E-state index contributed by atoms with van der Waals surface area (Å²) in [5.41, 5.74) is 1.07. The molecule has 78 valence electrons. The Morgan fingerprint density at radius 3 is 3.20 bits per heavy atom. The van der Waals surface area contributed by atoms with E-state index in [9.17, 15) is 4.79 Å². The zero-order valence-corrected chi connectivity index (χ0v) is 8.75. The van der Waals surface area contributed by atoms with Crippen LogP contribution >= 0.6 is 11.3 Å². The van der Waals surface area contributed by atoms with Gasteiger partial charge in [0.2, 0.25) is 0 Å². The SMILES string of the molecule is N#CC1CC(NC(=O)O)Cc2sccc21. The van der Waals surface area contributed by atoms with Crippen LogP contribution < -0.4 is 5.32 Å². The summed E-state index contributed by atoms with van der Waals surface area (Å²) in [5.74, 6) is -0.170. The molecular formula is C10H10N2O2S. The van der Waals surface area contributed by atoms with E-state index in [1.54, 1.807) is 11.3 Å². The van der Waals surface area contributed by atoms with Crippen molar-refractivity contribution in [2.75, 3.05) is 0 Å². The number of fused-ring (bicyclic) bond motifs is 1. The summed E-state index contributed by atoms with van der Waals surface area (Å²) < 4.78 is 0. The van der Waals surface area contributed by atoms with Crippen LogP contribution in [0.2, 0.25) is 0 Å². The summed E-state index contributed by atoms with van der Waals surface area (Å²) in [6, 6.07) is 4.06. The van der Waals surface area contributed by atoms with Crippen molar-refractivity contribution in [2.45, 2.75) is 24.8 Å². The van der Waals surface area contributed by atoms with E-state index < -0.39 is 6.09 Å². The lowest BCUT2D eigenvalue weighted by molar-refractivity contribution is 0.188. The van der Waals surface area contributed by atoms with Crippen LogP contribution in [0.15, 0.2) is 11.4 Å². The van der Waals surface area contributed by atoms with Gasteiger partial charge in [0.15, 0.2) is 0 Å². The Morgan fingerprint density at radius 2 is 2.53 bits per heavy atom. The van der Waals surface area contributed by atoms with E-state index in [0.717, 1.165) is 10.4 Å². The third-order valence-corrected chi connectivity index (χ3v) is 3.55. The first-order chi connectivity index (χ1) is 7.20. The highest BCUT2D eigenvalue weighted by Gasteiger charge is 2.28. The summed E-state index contributed by atoms with van der Waals surface area (Å²) in [6.07, 6.45) is 0.265. The predicted molar refractivity (Wildman–Crippen MR) is 55.9 cm³/mol. The predicted octanol–water partition coefficient (Wildman–Crippen LogP) is 1.94. The van der Waals surface area contributed by atoms with Crippen LogP contribution in [0, 0.1) is 11.3 Å². The van der Waals surface area contributed by atoms with Gasteiger partial charge in [0.05, 0.1) is 12.0 Å². The lowest BCUT2D eigenvalue weighted by atomic mass is 9.86. The van der Waals surface area contributed by atoms with E-state index in [4.69, 9.17) is 10.4 Å². The van der Waals surface area contributed by atoms with Crippen molar-refractivity contribution >= 4 is 17.4 Å². The fourth-order valence-corrected chi connectivity index (χ4v) is 2.98. The second kappa shape index (κ2) is 3.91. The van der Waals surface area contributed by atoms with E-state index in [-0.39, 0.29) is 12.0 Å². The van der Waals surface area contributed by atoms with Crippen molar-refractivity contribution in [1.29, 1.82) is 5.26 Å². The molecule has 0 aromatic carbocycles. The Kier molecular flexibility index (Phi) is 2.60. The Bertz CT molecular complexity index is 421. The number of carbonyl (C=O) groups is 1. The fraction of sp³-hybridized carbons (Fsp3) is 0.400. The van der Waals surface area contributed by atoms with Crippen LogP contribution in [0.5, 0.6) is 0 Å². The molecule has 1 aromatic rings. The molecule has 0 radical (unpaired) electrons. The highest BCUT2D eigenvalue weighted by atomic mass is 32.1. The van der Waals surface area contributed by atoms with Gasteiger partial charge in [-0.2, -0.15) is 5.26 Å². The zero-order chi connectivity index (χ0) is 10.8. The minimum atomic E-state index is -1.02. The van der Waals surface area contributed by atoms with Gasteiger partial charge in [-0.05, 0) is 23.4 Å². The van der Waals surface area contributed by atoms with Gasteiger partial charge in [-0.15, -0.1) is 11.3 Å². The smallest absolute Gasteiger partial charge is 0.404 e. The number of carboxylic acid groups (broad SMARTS) is 1. The average molecular weight is 222 g/mol. The molecule has 5 heteroatoms. The maximum absolute atomic E-state index is 10.5. The molecule has 1 aliphatic carbocycles. The Hall–Kier alpha value is -1.54. The number of thiophene rings is 1. The third kappa shape index (κ3) is 1.95. The van der Waals surface area contributed by atoms with Gasteiger partial charge in [-0.25, -0.2) is 4.79 Å². The van der Waals surface area contributed by atoms with Gasteiger partial charge in [0, 0.05) is 17.3 Å². The summed E-state index contributed by atoms with van der Waals surface area (Å²) in [6.45, 7) is 0. The largest absolute Gasteiger partial charge is 0.465 e. The van der Waals surface area contributed by atoms with Gasteiger partial charge < -0.3 is 10.4 Å². The van der Waals surface area contributed by atoms with E-state index in [2.05, 4.69) is 11.4 Å². The highest BCUT2D eigenvalue weighted by Crippen LogP contribution is 2.34. The van der Waals surface area contributed by atoms with Crippen LogP contribution in [0.4, 0.5) is 4.79 Å². The van der Waals surface area contributed by atoms with Crippen molar-refractivity contribution < 1.29 is 9.90 Å². The molecule has 0 spiro atoms. The molecule has 0 bridgehead atoms. The Balaban J connectivity index is 2.20. The van der Waals surface area contributed by atoms with Crippen LogP contribution in [0.25, 0.3) is 0 Å². The molecule has 0 saturated carbocycles. The first kappa shape index (κ1) is 9.99. The quantitative estimate of drug-likeness (QED) is 0.762. The van der Waals surface area contributed by atoms with Gasteiger partial charge in [0.25, 0.3) is 0 Å². The monoisotopic (exact) mass is 222 g/mol. The number of rotatable bonds is 1. The molecule has 4 nitrogen and oxygen atoms in total. The molecule has 1 amide bonds. The topological polar surface area (TPSA) is 73.1 Å². The molecule has 1 aromatic heterocycles. The van der Waals surface area contributed by atoms with Crippen LogP contribution in [0.3, 0.4) is 0 Å². The number of nitriles is 1. The lowest BCUT2D eigenvalue weighted by Crippen LogP contribution is -2.38. The minimum absolute atomic E-state index is 0.127. The number of nitrogens with zero attached hydrogens (tertiary/aromatic N) is 1. The normalized spacial score (nSPS) is 23.9. The molecular weight excluding hydrogens is 212 g/mol. The molecule has 2 rings (SSSR count). The number of hydrogen-bond acceptors (Lipinski definition) is 3. The molecule has 2 atom stereocenters. The van der Waals surface area contributed by atoms with Crippen molar-refractivity contribution in [1.82, 2.24) is 5.32 Å². The number of hydrogen-bond donors (Lipinski definition) is 2. The number of amides is 1. The van der Waals surface area contributed by atoms with Crippen LogP contribution in [-0.4, -0.2) is 17.2 Å². The van der Waals surface area contributed by atoms with Gasteiger partial charge in [-0.1, -0.05) is 0 Å². The first-order valence-electron chi connectivity index (χ1n) is 4.66. The Labute approximate surface area is 91.2 Å². The van der Waals surface area contributed by atoms with Crippen molar-refractivity contribution in [3.05, 3.63) is 21.9 Å². The molecule has 1 heterocycles. The van der Waals surface area contributed by atoms with Crippen molar-refractivity contribution in [2.24, 2.45) is 0 Å². The average Bonchev–Trinajstić information content (AvgIpc) is 2.63. The van der Waals surface area contributed by atoms with E-state index >= 15 is 0 Å². The summed E-state index contributed by atoms with van der Waals surface area (Å²) in [5, 5.41) is 22.0. The van der Waals surface area contributed by atoms with E-state index in [1.807, 2.05) is 11.4 Å². The van der Waals surface area contributed by atoms with Gasteiger partial charge in [0.1, 0.15) is 0 Å². The molecule has 0 aliphatic heterocycles. The minimum Gasteiger partial charge on any atom is -0.465 e. The fourth-order valence-electron chi connectivity index (χ4n) is 1.95. The molecule has 2 N–H and O–H groups in total. The maximum Gasteiger partial charge on any atom is 0.404 e. The number of nitrogens with one attached hydrogen (secondary N) is 1. The molecule has 15 heavy (non-hydrogen) atoms. The van der Waals surface area contributed by atoms with E-state index in [1.165, 1.54) is 0 Å². The Morgan fingerprint density at radius 1 is 1.73 bits per heavy atom. The first-order valence-corrected chi connectivity index (χ1v) is 5.54. The molecule has 2 unspecified atom stereocenters. The maximum atomic E-state index is 10.5. The van der Waals surface area contributed by atoms with Crippen LogP contribution in [-0.2, 0) is 6.42 Å². The second-order valence-electron chi connectivity index (χ2n) is 3.57. The van der Waals surface area contributed by atoms with Crippen LogP contribution in [0.1, 0.15) is 22.8 Å². The van der Waals surface area contributed by atoms with E-state index in [0.29, 0.717) is 12.8 Å². The van der Waals surface area contributed by atoms with Crippen molar-refractivity contribution in [3.63, 3.8) is 0 Å². The standard InChI is InChI=1S/C10H10N2O2S/c11-5-6-3-7(12-10(13)14)4-9-8(6)1-2-15-9/h1-2,6-7,12H,3-4H2,(H,13,14). The third-order valence-electron chi connectivity index (χ3n) is 2.59. The van der Waals surface area contributed by atoms with Gasteiger partial charge in [-0.3, -0.25) is 0 Å². The molecule has 0 fully saturated rings. The summed E-state index contributed by atoms with van der Waals surface area (Å²) >= 11 is 1.59. The summed E-state index contributed by atoms with van der Waals surface area (Å²) in [4.78, 5) is 11.7. The summed E-state index contributed by atoms with van der Waals surface area (Å²) in [7, 11) is 0. The molecule has 0 saturated heterocycles. The molecule has 1 aliphatic rings. The zero-order valence-electron chi connectivity index (χ0n) is 7.93.